The third kappa shape index (κ3) is 5.61. The lowest BCUT2D eigenvalue weighted by molar-refractivity contribution is -0.144. The Hall–Kier alpha value is -3.61. The number of allylic oxidation sites excluding steroid dienone is 1. The fourth-order valence-electron chi connectivity index (χ4n) is 4.93. The molecule has 0 bridgehead atoms. The molecule has 3 rings (SSSR count). The van der Waals surface area contributed by atoms with Crippen LogP contribution in [-0.4, -0.2) is 39.8 Å². The van der Waals surface area contributed by atoms with Gasteiger partial charge in [0.05, 0.1) is 13.0 Å². The van der Waals surface area contributed by atoms with E-state index < -0.39 is 5.97 Å². The third-order valence-electron chi connectivity index (χ3n) is 6.90. The van der Waals surface area contributed by atoms with Crippen LogP contribution < -0.4 is 10.7 Å². The van der Waals surface area contributed by atoms with E-state index in [0.29, 0.717) is 12.1 Å². The highest BCUT2D eigenvalue weighted by atomic mass is 16.5. The lowest BCUT2D eigenvalue weighted by Gasteiger charge is -2.21. The number of aromatic amines is 2. The fourth-order valence-corrected chi connectivity index (χ4v) is 4.93. The number of rotatable bonds is 10. The van der Waals surface area contributed by atoms with E-state index in [-0.39, 0.29) is 24.2 Å². The number of H-pyrrole nitrogens is 2. The molecule has 0 aliphatic heterocycles. The van der Waals surface area contributed by atoms with E-state index in [1.807, 2.05) is 33.8 Å². The Morgan fingerprint density at radius 2 is 1.83 bits per heavy atom. The molecule has 1 unspecified atom stereocenters. The molecule has 0 amide bonds. The van der Waals surface area contributed by atoms with Crippen LogP contribution in [0.3, 0.4) is 0 Å². The summed E-state index contributed by atoms with van der Waals surface area (Å²) in [6, 6.07) is 0. The summed E-state index contributed by atoms with van der Waals surface area (Å²) in [4.78, 5) is 31.3. The Kier molecular flexibility index (Phi) is 8.23. The minimum Gasteiger partial charge on any atom is -0.481 e. The van der Waals surface area contributed by atoms with Crippen LogP contribution in [0.5, 0.6) is 0 Å². The van der Waals surface area contributed by atoms with Crippen LogP contribution in [0, 0.1) is 31.1 Å². The molecule has 1 aliphatic carbocycles. The van der Waals surface area contributed by atoms with Crippen LogP contribution in [0.2, 0.25) is 0 Å². The SMILES string of the molecule is C=Cc1c(C)/c(=C/c2[nH]c(C(=C(C)C)C(C(=O)OC)C3CC3)c(CCC(=O)O)c2C)[nH]/c1=C\C(C)=N. The summed E-state index contributed by atoms with van der Waals surface area (Å²) < 4.78 is 5.19. The molecule has 1 fully saturated rings. The highest BCUT2D eigenvalue weighted by Gasteiger charge is 2.41. The molecular formula is C29H37N3O4. The summed E-state index contributed by atoms with van der Waals surface area (Å²) in [6.45, 7) is 13.6. The Bertz CT molecular complexity index is 1360. The van der Waals surface area contributed by atoms with E-state index in [0.717, 1.165) is 68.3 Å². The average molecular weight is 492 g/mol. The number of ether oxygens (including phenoxy) is 1. The first-order valence-electron chi connectivity index (χ1n) is 12.3. The van der Waals surface area contributed by atoms with Gasteiger partial charge in [-0.15, -0.1) is 0 Å². The summed E-state index contributed by atoms with van der Waals surface area (Å²) in [5.74, 6) is -1.27. The van der Waals surface area contributed by atoms with Crippen molar-refractivity contribution in [2.24, 2.45) is 11.8 Å². The number of carboxylic acids is 1. The van der Waals surface area contributed by atoms with Crippen LogP contribution in [0.15, 0.2) is 12.2 Å². The molecule has 7 nitrogen and oxygen atoms in total. The van der Waals surface area contributed by atoms with E-state index in [4.69, 9.17) is 10.1 Å². The zero-order chi connectivity index (χ0) is 26.7. The third-order valence-corrected chi connectivity index (χ3v) is 6.90. The standard InChI is InChI=1S/C29H37N3O4/c1-8-20-17(5)22(31-24(20)13-16(4)30)14-23-18(6)21(11-12-25(33)34)28(32-23)26(15(2)3)27(19-9-10-19)29(35)36-7/h8,13-14,19,27,30-32H,1,9-12H2,2-7H3,(H,33,34)/b22-14-,24-13-,30-16?. The molecule has 7 heteroatoms. The van der Waals surface area contributed by atoms with Gasteiger partial charge in [0.1, 0.15) is 0 Å². The summed E-state index contributed by atoms with van der Waals surface area (Å²) in [7, 11) is 1.42. The normalized spacial score (nSPS) is 15.1. The maximum atomic E-state index is 12.9. The van der Waals surface area contributed by atoms with Gasteiger partial charge in [0.2, 0.25) is 0 Å². The van der Waals surface area contributed by atoms with Gasteiger partial charge in [-0.05, 0) is 94.2 Å². The minimum absolute atomic E-state index is 0.00659. The zero-order valence-corrected chi connectivity index (χ0v) is 22.1. The highest BCUT2D eigenvalue weighted by molar-refractivity contribution is 6.06. The number of carbonyl (C=O) groups excluding carboxylic acids is 1. The second-order valence-corrected chi connectivity index (χ2v) is 9.83. The number of aliphatic carboxylic acids is 1. The van der Waals surface area contributed by atoms with Gasteiger partial charge in [-0.25, -0.2) is 0 Å². The molecule has 0 radical (unpaired) electrons. The van der Waals surface area contributed by atoms with Gasteiger partial charge in [-0.2, -0.15) is 0 Å². The number of carbonyl (C=O) groups is 2. The van der Waals surface area contributed by atoms with E-state index in [1.54, 1.807) is 19.1 Å². The average Bonchev–Trinajstić information content (AvgIpc) is 3.53. The Labute approximate surface area is 212 Å². The summed E-state index contributed by atoms with van der Waals surface area (Å²) >= 11 is 0. The number of nitrogens with one attached hydrogen (secondary N) is 3. The quantitative estimate of drug-likeness (QED) is 0.293. The first-order chi connectivity index (χ1) is 17.0. The van der Waals surface area contributed by atoms with Gasteiger partial charge in [0, 0.05) is 39.8 Å². The molecule has 1 atom stereocenters. The van der Waals surface area contributed by atoms with E-state index in [9.17, 15) is 14.7 Å². The van der Waals surface area contributed by atoms with Crippen molar-refractivity contribution in [1.82, 2.24) is 9.97 Å². The molecule has 0 aromatic carbocycles. The molecule has 2 aromatic rings. The first kappa shape index (κ1) is 27.0. The summed E-state index contributed by atoms with van der Waals surface area (Å²) in [5.41, 5.74) is 7.81. The summed E-state index contributed by atoms with van der Waals surface area (Å²) in [5, 5.41) is 19.0. The van der Waals surface area contributed by atoms with Gasteiger partial charge in [-0.1, -0.05) is 18.2 Å². The summed E-state index contributed by atoms with van der Waals surface area (Å²) in [6.07, 6.45) is 7.84. The Morgan fingerprint density at radius 1 is 1.17 bits per heavy atom. The van der Waals surface area contributed by atoms with Crippen molar-refractivity contribution in [2.45, 2.75) is 60.3 Å². The predicted octanol–water partition coefficient (Wildman–Crippen LogP) is 4.26. The fraction of sp³-hybridized carbons (Fsp3) is 0.414. The molecule has 2 heterocycles. The molecule has 0 saturated heterocycles. The molecule has 4 N–H and O–H groups in total. The van der Waals surface area contributed by atoms with Gasteiger partial charge in [0.25, 0.3) is 0 Å². The largest absolute Gasteiger partial charge is 0.481 e. The first-order valence-corrected chi connectivity index (χ1v) is 12.3. The Balaban J connectivity index is 2.27. The maximum Gasteiger partial charge on any atom is 0.313 e. The number of hydrogen-bond donors (Lipinski definition) is 4. The molecule has 1 aliphatic rings. The van der Waals surface area contributed by atoms with Gasteiger partial charge >= 0.3 is 11.9 Å². The zero-order valence-electron chi connectivity index (χ0n) is 22.1. The second kappa shape index (κ2) is 11.0. The van der Waals surface area contributed by atoms with Crippen LogP contribution in [0.1, 0.15) is 73.7 Å². The number of methoxy groups -OCH3 is 1. The molecule has 192 valence electrons. The van der Waals surface area contributed by atoms with Crippen molar-refractivity contribution >= 4 is 41.5 Å². The highest BCUT2D eigenvalue weighted by Crippen LogP contribution is 2.46. The molecular weight excluding hydrogens is 454 g/mol. The molecule has 2 aromatic heterocycles. The lowest BCUT2D eigenvalue weighted by Crippen LogP contribution is -2.21. The van der Waals surface area contributed by atoms with Gasteiger partial charge < -0.3 is 25.2 Å². The Morgan fingerprint density at radius 3 is 2.33 bits per heavy atom. The molecule has 0 spiro atoms. The lowest BCUT2D eigenvalue weighted by atomic mass is 9.86. The van der Waals surface area contributed by atoms with Crippen molar-refractivity contribution in [1.29, 1.82) is 5.41 Å². The van der Waals surface area contributed by atoms with E-state index in [1.165, 1.54) is 7.11 Å². The number of hydrogen-bond acceptors (Lipinski definition) is 4. The number of esters is 1. The topological polar surface area (TPSA) is 119 Å². The van der Waals surface area contributed by atoms with Crippen molar-refractivity contribution in [3.63, 3.8) is 0 Å². The predicted molar refractivity (Wildman–Crippen MR) is 144 cm³/mol. The van der Waals surface area contributed by atoms with E-state index in [2.05, 4.69) is 16.5 Å². The maximum absolute atomic E-state index is 12.9. The van der Waals surface area contributed by atoms with Crippen molar-refractivity contribution in [2.75, 3.05) is 7.11 Å². The van der Waals surface area contributed by atoms with Crippen LogP contribution >= 0.6 is 0 Å². The minimum atomic E-state index is -0.865. The molecule has 36 heavy (non-hydrogen) atoms. The van der Waals surface area contributed by atoms with E-state index >= 15 is 0 Å². The number of carboxylic acid groups (broad SMARTS) is 1. The van der Waals surface area contributed by atoms with Crippen molar-refractivity contribution in [3.8, 4) is 0 Å². The second-order valence-electron chi connectivity index (χ2n) is 9.83. The number of aromatic nitrogens is 2. The van der Waals surface area contributed by atoms with Crippen molar-refractivity contribution < 1.29 is 19.4 Å². The van der Waals surface area contributed by atoms with Gasteiger partial charge in [-0.3, -0.25) is 9.59 Å². The molecule has 1 saturated carbocycles. The van der Waals surface area contributed by atoms with Gasteiger partial charge in [0.15, 0.2) is 0 Å². The van der Waals surface area contributed by atoms with Crippen molar-refractivity contribution in [3.05, 3.63) is 56.5 Å². The van der Waals surface area contributed by atoms with Crippen LogP contribution in [0.4, 0.5) is 0 Å². The van der Waals surface area contributed by atoms with Crippen LogP contribution in [-0.2, 0) is 20.7 Å². The monoisotopic (exact) mass is 491 g/mol. The van der Waals surface area contributed by atoms with Crippen LogP contribution in [0.25, 0.3) is 23.8 Å². The smallest absolute Gasteiger partial charge is 0.313 e.